The Hall–Kier alpha value is -1.92. The summed E-state index contributed by atoms with van der Waals surface area (Å²) in [5.41, 5.74) is 1.14. The molecule has 0 aliphatic carbocycles. The van der Waals surface area contributed by atoms with Crippen molar-refractivity contribution >= 4 is 35.2 Å². The summed E-state index contributed by atoms with van der Waals surface area (Å²) in [5.74, 6) is 1.75. The molecule has 1 fully saturated rings. The highest BCUT2D eigenvalue weighted by Gasteiger charge is 2.24. The fourth-order valence-corrected chi connectivity index (χ4v) is 3.73. The Morgan fingerprint density at radius 1 is 1.19 bits per heavy atom. The van der Waals surface area contributed by atoms with Gasteiger partial charge in [-0.1, -0.05) is 41.9 Å². The number of nitrogens with one attached hydrogen (secondary N) is 1. The van der Waals surface area contributed by atoms with Crippen LogP contribution in [0.25, 0.3) is 0 Å². The maximum atomic E-state index is 12.7. The van der Waals surface area contributed by atoms with Crippen molar-refractivity contribution in [3.05, 3.63) is 59.2 Å². The second-order valence-corrected chi connectivity index (χ2v) is 7.52. The van der Waals surface area contributed by atoms with Gasteiger partial charge in [0.2, 0.25) is 0 Å². The number of carbonyl (C=O) groups excluding carboxylic acids is 1. The Kier molecular flexibility index (Phi) is 6.63. The summed E-state index contributed by atoms with van der Waals surface area (Å²) < 4.78 is 0. The van der Waals surface area contributed by atoms with E-state index in [0.717, 1.165) is 30.2 Å². The largest absolute Gasteiger partial charge is 0.353 e. The molecule has 138 valence electrons. The van der Waals surface area contributed by atoms with Gasteiger partial charge in [-0.25, -0.2) is 9.78 Å². The Bertz CT molecular complexity index is 705. The first-order valence-corrected chi connectivity index (χ1v) is 10.4. The van der Waals surface area contributed by atoms with E-state index in [9.17, 15) is 4.79 Å². The van der Waals surface area contributed by atoms with Gasteiger partial charge in [-0.2, -0.15) is 11.8 Å². The van der Waals surface area contributed by atoms with E-state index in [1.165, 1.54) is 0 Å². The van der Waals surface area contributed by atoms with Crippen LogP contribution in [0.2, 0.25) is 5.02 Å². The Morgan fingerprint density at radius 2 is 1.92 bits per heavy atom. The average Bonchev–Trinajstić information content (AvgIpc) is 2.69. The molecule has 0 unspecified atom stereocenters. The van der Waals surface area contributed by atoms with Crippen molar-refractivity contribution in [3.63, 3.8) is 0 Å². The molecule has 0 radical (unpaired) electrons. The summed E-state index contributed by atoms with van der Waals surface area (Å²) in [4.78, 5) is 21.1. The first-order valence-electron chi connectivity index (χ1n) is 8.63. The number of hydrogen-bond acceptors (Lipinski definition) is 4. The van der Waals surface area contributed by atoms with Crippen LogP contribution in [0.3, 0.4) is 0 Å². The topological polar surface area (TPSA) is 48.5 Å². The third kappa shape index (κ3) is 4.83. The minimum atomic E-state index is -0.00313. The first-order chi connectivity index (χ1) is 12.7. The molecule has 0 saturated carbocycles. The van der Waals surface area contributed by atoms with E-state index < -0.39 is 0 Å². The number of anilines is 1. The molecule has 1 aromatic carbocycles. The van der Waals surface area contributed by atoms with Crippen molar-refractivity contribution in [1.29, 1.82) is 0 Å². The lowest BCUT2D eigenvalue weighted by atomic mass is 10.1. The number of piperazine rings is 1. The standard InChI is InChI=1S/C19H23ClN4OS/c1-26-14-17(15-5-3-2-4-6-15)22-19(25)24-11-9-23(10-12-24)18-8-7-16(20)13-21-18/h2-8,13,17H,9-12,14H2,1H3,(H,22,25)/t17-/m0/s1. The fourth-order valence-electron chi connectivity index (χ4n) is 3.01. The van der Waals surface area contributed by atoms with E-state index >= 15 is 0 Å². The Balaban J connectivity index is 1.56. The van der Waals surface area contributed by atoms with E-state index in [2.05, 4.69) is 33.6 Å². The molecule has 1 N–H and O–H groups in total. The van der Waals surface area contributed by atoms with Crippen LogP contribution in [0.1, 0.15) is 11.6 Å². The summed E-state index contributed by atoms with van der Waals surface area (Å²) in [6.45, 7) is 2.88. The predicted octanol–water partition coefficient (Wildman–Crippen LogP) is 3.67. The van der Waals surface area contributed by atoms with Crippen molar-refractivity contribution in [2.45, 2.75) is 6.04 Å². The molecule has 0 bridgehead atoms. The number of rotatable bonds is 5. The summed E-state index contributed by atoms with van der Waals surface area (Å²) in [6, 6.07) is 13.9. The van der Waals surface area contributed by atoms with Gasteiger partial charge in [-0.05, 0) is 24.0 Å². The molecule has 2 heterocycles. The maximum Gasteiger partial charge on any atom is 0.318 e. The maximum absolute atomic E-state index is 12.7. The highest BCUT2D eigenvalue weighted by atomic mass is 35.5. The minimum absolute atomic E-state index is 0.00313. The van der Waals surface area contributed by atoms with Crippen LogP contribution in [0.4, 0.5) is 10.6 Å². The highest BCUT2D eigenvalue weighted by molar-refractivity contribution is 7.98. The molecule has 26 heavy (non-hydrogen) atoms. The number of amides is 2. The van der Waals surface area contributed by atoms with Crippen LogP contribution in [0, 0.1) is 0 Å². The summed E-state index contributed by atoms with van der Waals surface area (Å²) in [7, 11) is 0. The normalized spacial score (nSPS) is 15.6. The van der Waals surface area contributed by atoms with E-state index in [0.29, 0.717) is 18.1 Å². The molecule has 0 spiro atoms. The van der Waals surface area contributed by atoms with Crippen LogP contribution in [-0.4, -0.2) is 54.1 Å². The lowest BCUT2D eigenvalue weighted by molar-refractivity contribution is 0.191. The highest BCUT2D eigenvalue weighted by Crippen LogP contribution is 2.19. The lowest BCUT2D eigenvalue weighted by Gasteiger charge is -2.36. The third-order valence-electron chi connectivity index (χ3n) is 4.44. The van der Waals surface area contributed by atoms with Gasteiger partial charge in [-0.15, -0.1) is 0 Å². The van der Waals surface area contributed by atoms with E-state index in [4.69, 9.17) is 11.6 Å². The molecule has 1 aromatic heterocycles. The van der Waals surface area contributed by atoms with Gasteiger partial charge in [0.05, 0.1) is 11.1 Å². The molecule has 7 heteroatoms. The average molecular weight is 391 g/mol. The Labute approximate surface area is 163 Å². The molecular formula is C19H23ClN4OS. The summed E-state index contributed by atoms with van der Waals surface area (Å²) >= 11 is 7.63. The van der Waals surface area contributed by atoms with E-state index in [1.54, 1.807) is 18.0 Å². The molecule has 5 nitrogen and oxygen atoms in total. The smallest absolute Gasteiger partial charge is 0.318 e. The number of pyridine rings is 1. The molecule has 1 aliphatic rings. The lowest BCUT2D eigenvalue weighted by Crippen LogP contribution is -2.52. The van der Waals surface area contributed by atoms with Crippen LogP contribution >= 0.6 is 23.4 Å². The van der Waals surface area contributed by atoms with Crippen molar-refractivity contribution in [3.8, 4) is 0 Å². The number of aromatic nitrogens is 1. The van der Waals surface area contributed by atoms with E-state index in [-0.39, 0.29) is 12.1 Å². The zero-order valence-corrected chi connectivity index (χ0v) is 16.3. The molecule has 1 atom stereocenters. The van der Waals surface area contributed by atoms with Crippen molar-refractivity contribution in [2.75, 3.05) is 43.1 Å². The van der Waals surface area contributed by atoms with Gasteiger partial charge in [0.15, 0.2) is 0 Å². The van der Waals surface area contributed by atoms with Crippen LogP contribution in [0.5, 0.6) is 0 Å². The van der Waals surface area contributed by atoms with Gasteiger partial charge in [0.25, 0.3) is 0 Å². The zero-order chi connectivity index (χ0) is 18.4. The first kappa shape index (κ1) is 18.9. The number of carbonyl (C=O) groups is 1. The zero-order valence-electron chi connectivity index (χ0n) is 14.8. The van der Waals surface area contributed by atoms with Gasteiger partial charge in [-0.3, -0.25) is 0 Å². The third-order valence-corrected chi connectivity index (χ3v) is 5.33. The monoisotopic (exact) mass is 390 g/mol. The molecule has 2 amide bonds. The second kappa shape index (κ2) is 9.14. The SMILES string of the molecule is CSC[C@H](NC(=O)N1CCN(c2ccc(Cl)cn2)CC1)c1ccccc1. The molecule has 1 saturated heterocycles. The molecule has 3 rings (SSSR count). The number of halogens is 1. The predicted molar refractivity (Wildman–Crippen MR) is 109 cm³/mol. The second-order valence-electron chi connectivity index (χ2n) is 6.18. The number of hydrogen-bond donors (Lipinski definition) is 1. The Morgan fingerprint density at radius 3 is 2.54 bits per heavy atom. The van der Waals surface area contributed by atoms with Crippen LogP contribution < -0.4 is 10.2 Å². The van der Waals surface area contributed by atoms with E-state index in [1.807, 2.05) is 35.2 Å². The number of benzene rings is 1. The molecule has 1 aliphatic heterocycles. The minimum Gasteiger partial charge on any atom is -0.353 e. The van der Waals surface area contributed by atoms with Gasteiger partial charge in [0, 0.05) is 38.1 Å². The summed E-state index contributed by atoms with van der Waals surface area (Å²) in [5, 5.41) is 3.81. The van der Waals surface area contributed by atoms with Gasteiger partial charge in [0.1, 0.15) is 5.82 Å². The number of nitrogens with zero attached hydrogens (tertiary/aromatic N) is 3. The molecule has 2 aromatic rings. The summed E-state index contributed by atoms with van der Waals surface area (Å²) in [6.07, 6.45) is 3.71. The van der Waals surface area contributed by atoms with Crippen molar-refractivity contribution in [1.82, 2.24) is 15.2 Å². The van der Waals surface area contributed by atoms with Gasteiger partial charge < -0.3 is 15.1 Å². The fraction of sp³-hybridized carbons (Fsp3) is 0.368. The number of urea groups is 1. The van der Waals surface area contributed by atoms with Crippen LogP contribution in [-0.2, 0) is 0 Å². The van der Waals surface area contributed by atoms with Gasteiger partial charge >= 0.3 is 6.03 Å². The van der Waals surface area contributed by atoms with Crippen LogP contribution in [0.15, 0.2) is 48.7 Å². The molecular weight excluding hydrogens is 368 g/mol. The van der Waals surface area contributed by atoms with Crippen molar-refractivity contribution < 1.29 is 4.79 Å². The van der Waals surface area contributed by atoms with Crippen molar-refractivity contribution in [2.24, 2.45) is 0 Å². The quantitative estimate of drug-likeness (QED) is 0.846. The number of thioether (sulfide) groups is 1.